The maximum atomic E-state index is 12.8. The van der Waals surface area contributed by atoms with Crippen molar-refractivity contribution in [2.45, 2.75) is 12.3 Å². The van der Waals surface area contributed by atoms with Crippen molar-refractivity contribution in [2.75, 3.05) is 6.61 Å². The van der Waals surface area contributed by atoms with E-state index >= 15 is 0 Å². The molecule has 0 bridgehead atoms. The van der Waals surface area contributed by atoms with Crippen molar-refractivity contribution < 1.29 is 9.50 Å². The summed E-state index contributed by atoms with van der Waals surface area (Å²) in [4.78, 5) is 0. The summed E-state index contributed by atoms with van der Waals surface area (Å²) in [5, 5.41) is 9.52. The van der Waals surface area contributed by atoms with E-state index in [1.807, 2.05) is 24.3 Å². The quantitative estimate of drug-likeness (QED) is 0.908. The zero-order chi connectivity index (χ0) is 13.0. The minimum Gasteiger partial charge on any atom is -0.396 e. The van der Waals surface area contributed by atoms with Gasteiger partial charge in [0.15, 0.2) is 0 Å². The summed E-state index contributed by atoms with van der Waals surface area (Å²) >= 11 is 3.49. The fourth-order valence-corrected chi connectivity index (χ4v) is 2.59. The molecule has 0 aromatic heterocycles. The van der Waals surface area contributed by atoms with Gasteiger partial charge in [-0.15, -0.1) is 0 Å². The fourth-order valence-electron chi connectivity index (χ4n) is 1.98. The van der Waals surface area contributed by atoms with Crippen LogP contribution in [0.1, 0.15) is 17.0 Å². The topological polar surface area (TPSA) is 20.2 Å². The van der Waals surface area contributed by atoms with Crippen LogP contribution in [0.5, 0.6) is 0 Å². The van der Waals surface area contributed by atoms with Gasteiger partial charge in [0.05, 0.1) is 6.61 Å². The summed E-state index contributed by atoms with van der Waals surface area (Å²) in [5.74, 6) is -0.216. The lowest BCUT2D eigenvalue weighted by Crippen LogP contribution is -2.08. The average molecular weight is 309 g/mol. The Morgan fingerprint density at radius 2 is 1.72 bits per heavy atom. The third kappa shape index (κ3) is 3.18. The number of benzene rings is 2. The highest BCUT2D eigenvalue weighted by Gasteiger charge is 2.13. The predicted molar refractivity (Wildman–Crippen MR) is 74.1 cm³/mol. The first-order chi connectivity index (χ1) is 8.70. The Hall–Kier alpha value is -1.19. The Kier molecular flexibility index (Phi) is 4.50. The molecule has 1 unspecified atom stereocenters. The highest BCUT2D eigenvalue weighted by atomic mass is 79.9. The van der Waals surface area contributed by atoms with E-state index in [2.05, 4.69) is 15.9 Å². The van der Waals surface area contributed by atoms with Crippen LogP contribution in [0.15, 0.2) is 53.0 Å². The lowest BCUT2D eigenvalue weighted by Gasteiger charge is -2.16. The van der Waals surface area contributed by atoms with Crippen LogP contribution in [-0.4, -0.2) is 11.7 Å². The molecule has 0 aliphatic heterocycles. The van der Waals surface area contributed by atoms with Crippen molar-refractivity contribution in [3.63, 3.8) is 0 Å². The lowest BCUT2D eigenvalue weighted by atomic mass is 9.93. The van der Waals surface area contributed by atoms with Gasteiger partial charge in [-0.05, 0) is 35.7 Å². The van der Waals surface area contributed by atoms with Crippen molar-refractivity contribution in [1.82, 2.24) is 0 Å². The van der Waals surface area contributed by atoms with E-state index in [-0.39, 0.29) is 18.3 Å². The number of aliphatic hydroxyl groups excluding tert-OH is 1. The maximum absolute atomic E-state index is 12.8. The van der Waals surface area contributed by atoms with Crippen molar-refractivity contribution in [1.29, 1.82) is 0 Å². The average Bonchev–Trinajstić information content (AvgIpc) is 2.39. The largest absolute Gasteiger partial charge is 0.396 e. The summed E-state index contributed by atoms with van der Waals surface area (Å²) in [6.45, 7) is 0.0694. The summed E-state index contributed by atoms with van der Waals surface area (Å²) in [6.07, 6.45) is 0.694. The molecular weight excluding hydrogens is 295 g/mol. The Bertz CT molecular complexity index is 510. The van der Waals surface area contributed by atoms with Crippen LogP contribution in [0.4, 0.5) is 4.39 Å². The Morgan fingerprint density at radius 3 is 2.33 bits per heavy atom. The number of hydrogen-bond acceptors (Lipinski definition) is 1. The monoisotopic (exact) mass is 308 g/mol. The SMILES string of the molecule is OCC(Cc1ccc(F)cc1)c1ccccc1Br. The molecule has 0 fully saturated rings. The Labute approximate surface area is 114 Å². The van der Waals surface area contributed by atoms with Gasteiger partial charge in [0.1, 0.15) is 5.82 Å². The van der Waals surface area contributed by atoms with E-state index in [0.717, 1.165) is 15.6 Å². The van der Waals surface area contributed by atoms with Gasteiger partial charge < -0.3 is 5.11 Å². The van der Waals surface area contributed by atoms with Crippen LogP contribution in [0.25, 0.3) is 0 Å². The molecule has 0 heterocycles. The van der Waals surface area contributed by atoms with Gasteiger partial charge in [0.25, 0.3) is 0 Å². The molecule has 0 spiro atoms. The van der Waals surface area contributed by atoms with Gasteiger partial charge in [-0.25, -0.2) is 4.39 Å². The molecule has 2 aromatic carbocycles. The first kappa shape index (κ1) is 13.2. The van der Waals surface area contributed by atoms with Crippen molar-refractivity contribution in [3.05, 3.63) is 69.9 Å². The van der Waals surface area contributed by atoms with E-state index in [1.54, 1.807) is 12.1 Å². The van der Waals surface area contributed by atoms with Crippen LogP contribution in [0.2, 0.25) is 0 Å². The summed E-state index contributed by atoms with van der Waals surface area (Å²) in [6, 6.07) is 14.3. The number of aliphatic hydroxyl groups is 1. The molecule has 2 aromatic rings. The Balaban J connectivity index is 2.20. The molecule has 0 aliphatic carbocycles. The molecule has 1 N–H and O–H groups in total. The molecule has 1 nitrogen and oxygen atoms in total. The zero-order valence-electron chi connectivity index (χ0n) is 9.81. The number of rotatable bonds is 4. The zero-order valence-corrected chi connectivity index (χ0v) is 11.4. The van der Waals surface area contributed by atoms with Gasteiger partial charge in [0.2, 0.25) is 0 Å². The van der Waals surface area contributed by atoms with E-state index in [0.29, 0.717) is 6.42 Å². The maximum Gasteiger partial charge on any atom is 0.123 e. The summed E-state index contributed by atoms with van der Waals surface area (Å²) in [5.41, 5.74) is 2.09. The Morgan fingerprint density at radius 1 is 1.06 bits per heavy atom. The van der Waals surface area contributed by atoms with E-state index in [4.69, 9.17) is 0 Å². The molecule has 0 saturated heterocycles. The van der Waals surface area contributed by atoms with E-state index < -0.39 is 0 Å². The molecular formula is C15H14BrFO. The molecule has 94 valence electrons. The number of hydrogen-bond donors (Lipinski definition) is 1. The summed E-state index contributed by atoms with van der Waals surface area (Å²) < 4.78 is 13.8. The smallest absolute Gasteiger partial charge is 0.123 e. The molecule has 3 heteroatoms. The third-order valence-corrected chi connectivity index (χ3v) is 3.68. The molecule has 0 saturated carbocycles. The first-order valence-corrected chi connectivity index (χ1v) is 6.59. The minimum atomic E-state index is -0.236. The van der Waals surface area contributed by atoms with Crippen LogP contribution < -0.4 is 0 Å². The van der Waals surface area contributed by atoms with Crippen molar-refractivity contribution >= 4 is 15.9 Å². The molecule has 0 amide bonds. The second kappa shape index (κ2) is 6.12. The summed E-state index contributed by atoms with van der Waals surface area (Å²) in [7, 11) is 0. The lowest BCUT2D eigenvalue weighted by molar-refractivity contribution is 0.264. The van der Waals surface area contributed by atoms with E-state index in [9.17, 15) is 9.50 Å². The minimum absolute atomic E-state index is 0.0195. The fraction of sp³-hybridized carbons (Fsp3) is 0.200. The van der Waals surface area contributed by atoms with Crippen LogP contribution in [-0.2, 0) is 6.42 Å². The molecule has 1 atom stereocenters. The molecule has 0 radical (unpaired) electrons. The standard InChI is InChI=1S/C15H14BrFO/c16-15-4-2-1-3-14(15)12(10-18)9-11-5-7-13(17)8-6-11/h1-8,12,18H,9-10H2. The van der Waals surface area contributed by atoms with Crippen LogP contribution in [0.3, 0.4) is 0 Å². The predicted octanol–water partition coefficient (Wildman–Crippen LogP) is 3.91. The second-order valence-corrected chi connectivity index (χ2v) is 5.09. The van der Waals surface area contributed by atoms with Crippen LogP contribution in [0, 0.1) is 5.82 Å². The highest BCUT2D eigenvalue weighted by molar-refractivity contribution is 9.10. The van der Waals surface area contributed by atoms with Crippen molar-refractivity contribution in [2.24, 2.45) is 0 Å². The van der Waals surface area contributed by atoms with Gasteiger partial charge in [-0.2, -0.15) is 0 Å². The highest BCUT2D eigenvalue weighted by Crippen LogP contribution is 2.27. The normalized spacial score (nSPS) is 12.4. The molecule has 0 aliphatic rings. The molecule has 18 heavy (non-hydrogen) atoms. The van der Waals surface area contributed by atoms with Crippen LogP contribution >= 0.6 is 15.9 Å². The van der Waals surface area contributed by atoms with Crippen molar-refractivity contribution in [3.8, 4) is 0 Å². The van der Waals surface area contributed by atoms with E-state index in [1.165, 1.54) is 12.1 Å². The third-order valence-electron chi connectivity index (χ3n) is 2.96. The van der Waals surface area contributed by atoms with Gasteiger partial charge >= 0.3 is 0 Å². The molecule has 2 rings (SSSR count). The van der Waals surface area contributed by atoms with Gasteiger partial charge in [0, 0.05) is 10.4 Å². The first-order valence-electron chi connectivity index (χ1n) is 5.80. The van der Waals surface area contributed by atoms with Gasteiger partial charge in [-0.3, -0.25) is 0 Å². The van der Waals surface area contributed by atoms with Gasteiger partial charge in [-0.1, -0.05) is 46.3 Å². The number of halogens is 2. The second-order valence-electron chi connectivity index (χ2n) is 4.23.